The Hall–Kier alpha value is -3.21. The zero-order chi connectivity index (χ0) is 24.4. The number of ether oxygens (including phenoxy) is 2. The van der Waals surface area contributed by atoms with Gasteiger partial charge in [-0.1, -0.05) is 50.0 Å². The van der Waals surface area contributed by atoms with Gasteiger partial charge in [0.05, 0.1) is 13.0 Å². The number of alkyl carbamates (subject to hydrolysis) is 1. The second-order valence-electron chi connectivity index (χ2n) is 8.82. The standard InChI is InChI=1S/C22H30N2O8Si/c1-33(2,3)14-13-30-22(29)23-17(21(28)31-15-16-7-5-4-6-8-16)9-12-20(27)32-24-18(25)10-11-19(24)26/h4-8,17H,9-15H2,1-3H3,(H,23,29)/t17-/m1/s1. The summed E-state index contributed by atoms with van der Waals surface area (Å²) in [6.45, 7) is 6.62. The second-order valence-corrected chi connectivity index (χ2v) is 14.4. The molecule has 10 nitrogen and oxygen atoms in total. The van der Waals surface area contributed by atoms with Gasteiger partial charge in [-0.2, -0.15) is 0 Å². The average Bonchev–Trinajstić information content (AvgIpc) is 3.06. The molecule has 0 spiro atoms. The molecular weight excluding hydrogens is 448 g/mol. The number of amides is 3. The van der Waals surface area contributed by atoms with E-state index in [0.717, 1.165) is 11.6 Å². The summed E-state index contributed by atoms with van der Waals surface area (Å²) in [5, 5.41) is 2.86. The minimum absolute atomic E-state index is 0.0102. The summed E-state index contributed by atoms with van der Waals surface area (Å²) in [5.74, 6) is -2.83. The van der Waals surface area contributed by atoms with Crippen LogP contribution in [-0.2, 0) is 40.1 Å². The van der Waals surface area contributed by atoms with Gasteiger partial charge in [-0.3, -0.25) is 9.59 Å². The highest BCUT2D eigenvalue weighted by atomic mass is 28.3. The smallest absolute Gasteiger partial charge is 0.407 e. The lowest BCUT2D eigenvalue weighted by Crippen LogP contribution is -2.43. The quantitative estimate of drug-likeness (QED) is 0.292. The molecule has 2 rings (SSSR count). The van der Waals surface area contributed by atoms with Crippen LogP contribution in [0.4, 0.5) is 4.79 Å². The average molecular weight is 479 g/mol. The summed E-state index contributed by atoms with van der Waals surface area (Å²) >= 11 is 0. The molecule has 33 heavy (non-hydrogen) atoms. The van der Waals surface area contributed by atoms with Gasteiger partial charge < -0.3 is 19.6 Å². The number of benzene rings is 1. The molecular formula is C22H30N2O8Si. The molecule has 0 aromatic heterocycles. The van der Waals surface area contributed by atoms with Gasteiger partial charge in [-0.15, -0.1) is 5.06 Å². The number of nitrogens with zero attached hydrogens (tertiary/aromatic N) is 1. The van der Waals surface area contributed by atoms with E-state index in [1.54, 1.807) is 24.3 Å². The Labute approximate surface area is 193 Å². The van der Waals surface area contributed by atoms with Crippen molar-refractivity contribution in [3.05, 3.63) is 35.9 Å². The second kappa shape index (κ2) is 12.1. The first-order valence-electron chi connectivity index (χ1n) is 10.8. The van der Waals surface area contributed by atoms with Crippen LogP contribution in [0.2, 0.25) is 25.7 Å². The maximum absolute atomic E-state index is 12.6. The van der Waals surface area contributed by atoms with Crippen molar-refractivity contribution in [3.63, 3.8) is 0 Å². The molecule has 1 heterocycles. The van der Waals surface area contributed by atoms with E-state index in [1.807, 2.05) is 6.07 Å². The molecule has 1 aliphatic heterocycles. The summed E-state index contributed by atoms with van der Waals surface area (Å²) in [5.41, 5.74) is 0.757. The minimum Gasteiger partial charge on any atom is -0.459 e. The number of hydroxylamine groups is 2. The normalized spacial score (nSPS) is 14.6. The van der Waals surface area contributed by atoms with Crippen LogP contribution < -0.4 is 5.32 Å². The van der Waals surface area contributed by atoms with Crippen LogP contribution in [-0.4, -0.2) is 55.6 Å². The van der Waals surface area contributed by atoms with Crippen molar-refractivity contribution in [2.24, 2.45) is 0 Å². The number of esters is 1. The van der Waals surface area contributed by atoms with Gasteiger partial charge in [0.15, 0.2) is 0 Å². The van der Waals surface area contributed by atoms with E-state index in [4.69, 9.17) is 14.3 Å². The molecule has 1 N–H and O–H groups in total. The van der Waals surface area contributed by atoms with E-state index in [0.29, 0.717) is 5.06 Å². The predicted octanol–water partition coefficient (Wildman–Crippen LogP) is 2.55. The molecule has 1 fully saturated rings. The topological polar surface area (TPSA) is 128 Å². The Kier molecular flexibility index (Phi) is 9.58. The predicted molar refractivity (Wildman–Crippen MR) is 119 cm³/mol. The summed E-state index contributed by atoms with van der Waals surface area (Å²) in [6.07, 6.45) is -1.34. The third-order valence-corrected chi connectivity index (χ3v) is 6.43. The number of hydrogen-bond donors (Lipinski definition) is 1. The van der Waals surface area contributed by atoms with Crippen LogP contribution in [0.3, 0.4) is 0 Å². The van der Waals surface area contributed by atoms with Crippen molar-refractivity contribution in [1.29, 1.82) is 0 Å². The van der Waals surface area contributed by atoms with Crippen molar-refractivity contribution < 1.29 is 38.3 Å². The molecule has 0 aliphatic carbocycles. The Morgan fingerprint density at radius 1 is 1.03 bits per heavy atom. The number of rotatable bonds is 11. The minimum atomic E-state index is -1.41. The van der Waals surface area contributed by atoms with Crippen LogP contribution >= 0.6 is 0 Å². The molecule has 1 aliphatic rings. The molecule has 3 amide bonds. The number of nitrogens with one attached hydrogen (secondary N) is 1. The van der Waals surface area contributed by atoms with E-state index >= 15 is 0 Å². The van der Waals surface area contributed by atoms with Crippen LogP contribution in [0.25, 0.3) is 0 Å². The Bertz CT molecular complexity index is 853. The molecule has 180 valence electrons. The Balaban J connectivity index is 1.92. The van der Waals surface area contributed by atoms with Gasteiger partial charge in [-0.05, 0) is 18.0 Å². The molecule has 1 atom stereocenters. The number of imide groups is 1. The first-order valence-corrected chi connectivity index (χ1v) is 14.5. The van der Waals surface area contributed by atoms with E-state index < -0.39 is 44.0 Å². The largest absolute Gasteiger partial charge is 0.459 e. The van der Waals surface area contributed by atoms with Gasteiger partial charge >= 0.3 is 18.0 Å². The van der Waals surface area contributed by atoms with Gasteiger partial charge in [0, 0.05) is 20.9 Å². The SMILES string of the molecule is C[Si](C)(C)CCOC(=O)N[C@H](CCC(=O)ON1C(=O)CCC1=O)C(=O)OCc1ccccc1. The van der Waals surface area contributed by atoms with Crippen LogP contribution in [0.1, 0.15) is 31.2 Å². The highest BCUT2D eigenvalue weighted by Crippen LogP contribution is 2.14. The van der Waals surface area contributed by atoms with Crippen molar-refractivity contribution in [2.45, 2.75) is 64.0 Å². The first-order chi connectivity index (χ1) is 15.5. The monoisotopic (exact) mass is 478 g/mol. The first kappa shape index (κ1) is 26.0. The fraction of sp³-hybridized carbons (Fsp3) is 0.500. The van der Waals surface area contributed by atoms with Crippen molar-refractivity contribution >= 4 is 37.9 Å². The van der Waals surface area contributed by atoms with Crippen LogP contribution in [0.15, 0.2) is 30.3 Å². The maximum atomic E-state index is 12.6. The lowest BCUT2D eigenvalue weighted by molar-refractivity contribution is -0.197. The van der Waals surface area contributed by atoms with E-state index in [-0.39, 0.29) is 38.9 Å². The lowest BCUT2D eigenvalue weighted by atomic mass is 10.1. The summed E-state index contributed by atoms with van der Waals surface area (Å²) < 4.78 is 10.4. The van der Waals surface area contributed by atoms with Gasteiger partial charge in [-0.25, -0.2) is 14.4 Å². The molecule has 1 saturated heterocycles. The Morgan fingerprint density at radius 2 is 1.67 bits per heavy atom. The number of carbonyl (C=O) groups excluding carboxylic acids is 5. The van der Waals surface area contributed by atoms with Gasteiger partial charge in [0.25, 0.3) is 11.8 Å². The molecule has 0 unspecified atom stereocenters. The van der Waals surface area contributed by atoms with E-state index in [1.165, 1.54) is 0 Å². The van der Waals surface area contributed by atoms with Crippen LogP contribution in [0.5, 0.6) is 0 Å². The molecule has 0 bridgehead atoms. The summed E-state index contributed by atoms with van der Waals surface area (Å²) in [4.78, 5) is 64.9. The number of carbonyl (C=O) groups is 5. The maximum Gasteiger partial charge on any atom is 0.407 e. The van der Waals surface area contributed by atoms with Gasteiger partial charge in [0.1, 0.15) is 12.6 Å². The zero-order valence-electron chi connectivity index (χ0n) is 19.1. The summed E-state index contributed by atoms with van der Waals surface area (Å²) in [7, 11) is -1.41. The highest BCUT2D eigenvalue weighted by molar-refractivity contribution is 6.76. The molecule has 0 radical (unpaired) electrons. The molecule has 11 heteroatoms. The fourth-order valence-electron chi connectivity index (χ4n) is 2.78. The Morgan fingerprint density at radius 3 is 2.27 bits per heavy atom. The number of hydrogen-bond acceptors (Lipinski definition) is 8. The molecule has 1 aromatic rings. The third kappa shape index (κ3) is 9.44. The molecule has 1 aromatic carbocycles. The van der Waals surface area contributed by atoms with Crippen molar-refractivity contribution in [1.82, 2.24) is 10.4 Å². The summed E-state index contributed by atoms with van der Waals surface area (Å²) in [6, 6.07) is 8.56. The van der Waals surface area contributed by atoms with Crippen molar-refractivity contribution in [3.8, 4) is 0 Å². The van der Waals surface area contributed by atoms with Crippen LogP contribution in [0, 0.1) is 0 Å². The fourth-order valence-corrected chi connectivity index (χ4v) is 3.49. The van der Waals surface area contributed by atoms with E-state index in [9.17, 15) is 24.0 Å². The highest BCUT2D eigenvalue weighted by Gasteiger charge is 2.33. The zero-order valence-corrected chi connectivity index (χ0v) is 20.1. The van der Waals surface area contributed by atoms with Gasteiger partial charge in [0.2, 0.25) is 0 Å². The van der Waals surface area contributed by atoms with E-state index in [2.05, 4.69) is 25.0 Å². The molecule has 0 saturated carbocycles. The van der Waals surface area contributed by atoms with Crippen molar-refractivity contribution in [2.75, 3.05) is 6.61 Å². The lowest BCUT2D eigenvalue weighted by Gasteiger charge is -2.19. The third-order valence-electron chi connectivity index (χ3n) is 4.72.